The molecule has 1 heterocycles. The number of carbonyl (C=O) groups excluding carboxylic acids is 1. The SMILES string of the molecule is CC(Cl)C(=O)N1CC=C(C(F)(F)F)CC1. The fourth-order valence-corrected chi connectivity index (χ4v) is 1.52. The van der Waals surface area contributed by atoms with Crippen molar-refractivity contribution in [2.24, 2.45) is 0 Å². The average Bonchev–Trinajstić information content (AvgIpc) is 2.15. The molecule has 0 radical (unpaired) electrons. The van der Waals surface area contributed by atoms with E-state index in [0.717, 1.165) is 6.08 Å². The quantitative estimate of drug-likeness (QED) is 0.510. The van der Waals surface area contributed by atoms with Crippen LogP contribution in [0.3, 0.4) is 0 Å². The van der Waals surface area contributed by atoms with E-state index in [1.807, 2.05) is 0 Å². The van der Waals surface area contributed by atoms with E-state index in [1.165, 1.54) is 11.8 Å². The number of hydrogen-bond donors (Lipinski definition) is 0. The lowest BCUT2D eigenvalue weighted by Gasteiger charge is -2.28. The molecular formula is C9H11ClF3NO. The van der Waals surface area contributed by atoms with E-state index in [0.29, 0.717) is 0 Å². The Morgan fingerprint density at radius 1 is 1.60 bits per heavy atom. The van der Waals surface area contributed by atoms with Crippen LogP contribution in [0.5, 0.6) is 0 Å². The summed E-state index contributed by atoms with van der Waals surface area (Å²) in [5.41, 5.74) is -0.561. The van der Waals surface area contributed by atoms with Crippen molar-refractivity contribution in [2.45, 2.75) is 24.9 Å². The van der Waals surface area contributed by atoms with Gasteiger partial charge in [0.25, 0.3) is 0 Å². The van der Waals surface area contributed by atoms with Gasteiger partial charge in [-0.1, -0.05) is 6.08 Å². The van der Waals surface area contributed by atoms with Gasteiger partial charge in [0, 0.05) is 18.7 Å². The smallest absolute Gasteiger partial charge is 0.337 e. The van der Waals surface area contributed by atoms with Gasteiger partial charge in [-0.25, -0.2) is 0 Å². The van der Waals surface area contributed by atoms with E-state index in [1.54, 1.807) is 0 Å². The van der Waals surface area contributed by atoms with Crippen LogP contribution in [0.25, 0.3) is 0 Å². The fraction of sp³-hybridized carbons (Fsp3) is 0.667. The molecule has 0 fully saturated rings. The van der Waals surface area contributed by atoms with Gasteiger partial charge in [-0.05, 0) is 13.3 Å². The third-order valence-corrected chi connectivity index (χ3v) is 2.41. The van der Waals surface area contributed by atoms with E-state index < -0.39 is 17.1 Å². The Bertz CT molecular complexity index is 286. The monoisotopic (exact) mass is 241 g/mol. The molecule has 0 aromatic rings. The first kappa shape index (κ1) is 12.4. The van der Waals surface area contributed by atoms with Crippen LogP contribution >= 0.6 is 11.6 Å². The third kappa shape index (κ3) is 3.12. The van der Waals surface area contributed by atoms with Gasteiger partial charge in [0.2, 0.25) is 5.91 Å². The van der Waals surface area contributed by atoms with Crippen LogP contribution in [-0.4, -0.2) is 35.4 Å². The normalized spacial score (nSPS) is 19.8. The van der Waals surface area contributed by atoms with E-state index in [4.69, 9.17) is 11.6 Å². The molecule has 15 heavy (non-hydrogen) atoms. The molecule has 1 amide bonds. The van der Waals surface area contributed by atoms with Crippen molar-refractivity contribution in [2.75, 3.05) is 13.1 Å². The predicted octanol–water partition coefficient (Wildman–Crippen LogP) is 2.33. The minimum atomic E-state index is -4.28. The maximum Gasteiger partial charge on any atom is 0.412 e. The number of amides is 1. The van der Waals surface area contributed by atoms with Crippen LogP contribution in [-0.2, 0) is 4.79 Å². The largest absolute Gasteiger partial charge is 0.412 e. The second kappa shape index (κ2) is 4.43. The van der Waals surface area contributed by atoms with Gasteiger partial charge in [-0.15, -0.1) is 11.6 Å². The average molecular weight is 242 g/mol. The van der Waals surface area contributed by atoms with Gasteiger partial charge in [0.05, 0.1) is 0 Å². The van der Waals surface area contributed by atoms with Crippen LogP contribution in [0.4, 0.5) is 13.2 Å². The van der Waals surface area contributed by atoms with Crippen LogP contribution in [0.1, 0.15) is 13.3 Å². The summed E-state index contributed by atoms with van der Waals surface area (Å²) in [6, 6.07) is 0. The Morgan fingerprint density at radius 3 is 2.53 bits per heavy atom. The molecule has 1 aliphatic heterocycles. The molecule has 0 aromatic carbocycles. The first-order valence-electron chi connectivity index (χ1n) is 4.51. The standard InChI is InChI=1S/C9H11ClF3NO/c1-6(10)8(15)14-4-2-7(3-5-14)9(11,12)13/h2,6H,3-5H2,1H3. The first-order valence-corrected chi connectivity index (χ1v) is 4.95. The zero-order valence-corrected chi connectivity index (χ0v) is 8.90. The summed E-state index contributed by atoms with van der Waals surface area (Å²) in [5, 5.41) is -0.689. The molecule has 1 rings (SSSR count). The number of nitrogens with zero attached hydrogens (tertiary/aromatic N) is 1. The lowest BCUT2D eigenvalue weighted by molar-refractivity contribution is -0.131. The number of carbonyl (C=O) groups is 1. The van der Waals surface area contributed by atoms with Gasteiger partial charge < -0.3 is 4.90 Å². The summed E-state index contributed by atoms with van der Waals surface area (Å²) >= 11 is 5.55. The summed E-state index contributed by atoms with van der Waals surface area (Å²) in [4.78, 5) is 12.7. The number of rotatable bonds is 1. The Labute approximate surface area is 90.7 Å². The molecule has 0 bridgehead atoms. The molecule has 1 aliphatic rings. The summed E-state index contributed by atoms with van der Waals surface area (Å²) < 4.78 is 36.7. The minimum absolute atomic E-state index is 0.00919. The van der Waals surface area contributed by atoms with Crippen molar-refractivity contribution >= 4 is 17.5 Å². The Hall–Kier alpha value is -0.710. The zero-order chi connectivity index (χ0) is 11.6. The highest BCUT2D eigenvalue weighted by Crippen LogP contribution is 2.30. The number of alkyl halides is 4. The Kier molecular flexibility index (Phi) is 3.65. The fourth-order valence-electron chi connectivity index (χ4n) is 1.38. The maximum atomic E-state index is 12.2. The molecule has 0 saturated carbocycles. The summed E-state index contributed by atoms with van der Waals surface area (Å²) in [5.74, 6) is -0.325. The second-order valence-corrected chi connectivity index (χ2v) is 4.03. The molecule has 6 heteroatoms. The first-order chi connectivity index (χ1) is 6.82. The molecular weight excluding hydrogens is 231 g/mol. The van der Waals surface area contributed by atoms with Crippen LogP contribution < -0.4 is 0 Å². The molecule has 0 saturated heterocycles. The van der Waals surface area contributed by atoms with Crippen LogP contribution in [0, 0.1) is 0 Å². The van der Waals surface area contributed by atoms with Gasteiger partial charge in [0.15, 0.2) is 0 Å². The third-order valence-electron chi connectivity index (χ3n) is 2.23. The highest BCUT2D eigenvalue weighted by Gasteiger charge is 2.35. The molecule has 0 N–H and O–H groups in total. The maximum absolute atomic E-state index is 12.2. The van der Waals surface area contributed by atoms with Crippen molar-refractivity contribution in [3.05, 3.63) is 11.6 Å². The summed E-state index contributed by atoms with van der Waals surface area (Å²) in [7, 11) is 0. The lowest BCUT2D eigenvalue weighted by Crippen LogP contribution is -2.40. The number of hydrogen-bond acceptors (Lipinski definition) is 1. The summed E-state index contributed by atoms with van der Waals surface area (Å²) in [6.45, 7) is 1.58. The van der Waals surface area contributed by atoms with Crippen molar-refractivity contribution in [3.8, 4) is 0 Å². The van der Waals surface area contributed by atoms with Gasteiger partial charge in [-0.2, -0.15) is 13.2 Å². The van der Waals surface area contributed by atoms with Gasteiger partial charge in [0.1, 0.15) is 5.38 Å². The van der Waals surface area contributed by atoms with Gasteiger partial charge >= 0.3 is 6.18 Å². The Morgan fingerprint density at radius 2 is 2.20 bits per heavy atom. The molecule has 0 aromatic heterocycles. The van der Waals surface area contributed by atoms with Crippen molar-refractivity contribution in [1.29, 1.82) is 0 Å². The van der Waals surface area contributed by atoms with Crippen LogP contribution in [0.2, 0.25) is 0 Å². The molecule has 0 spiro atoms. The van der Waals surface area contributed by atoms with E-state index >= 15 is 0 Å². The lowest BCUT2D eigenvalue weighted by atomic mass is 10.1. The zero-order valence-electron chi connectivity index (χ0n) is 8.14. The highest BCUT2D eigenvalue weighted by molar-refractivity contribution is 6.30. The molecule has 2 nitrogen and oxygen atoms in total. The van der Waals surface area contributed by atoms with Crippen LogP contribution in [0.15, 0.2) is 11.6 Å². The topological polar surface area (TPSA) is 20.3 Å². The van der Waals surface area contributed by atoms with E-state index in [-0.39, 0.29) is 25.4 Å². The molecule has 86 valence electrons. The second-order valence-electron chi connectivity index (χ2n) is 3.38. The molecule has 0 aliphatic carbocycles. The van der Waals surface area contributed by atoms with Crippen molar-refractivity contribution in [3.63, 3.8) is 0 Å². The van der Waals surface area contributed by atoms with E-state index in [2.05, 4.69) is 0 Å². The number of halogens is 4. The summed E-state index contributed by atoms with van der Waals surface area (Å²) in [6.07, 6.45) is -3.39. The minimum Gasteiger partial charge on any atom is -0.337 e. The predicted molar refractivity (Wildman–Crippen MR) is 50.7 cm³/mol. The van der Waals surface area contributed by atoms with Gasteiger partial charge in [-0.3, -0.25) is 4.79 Å². The van der Waals surface area contributed by atoms with Crippen molar-refractivity contribution in [1.82, 2.24) is 4.90 Å². The highest BCUT2D eigenvalue weighted by atomic mass is 35.5. The molecule has 1 unspecified atom stereocenters. The molecule has 1 atom stereocenters. The van der Waals surface area contributed by atoms with Crippen molar-refractivity contribution < 1.29 is 18.0 Å². The Balaban J connectivity index is 2.62. The van der Waals surface area contributed by atoms with E-state index in [9.17, 15) is 18.0 Å².